The molecule has 31 heavy (non-hydrogen) atoms. The van der Waals surface area contributed by atoms with Crippen molar-refractivity contribution in [2.45, 2.75) is 50.7 Å². The number of hydrogen-bond donors (Lipinski definition) is 0. The number of benzene rings is 2. The van der Waals surface area contributed by atoms with Crippen LogP contribution in [0.15, 0.2) is 54.6 Å². The van der Waals surface area contributed by atoms with Crippen molar-refractivity contribution in [1.29, 1.82) is 0 Å². The zero-order chi connectivity index (χ0) is 21.6. The average Bonchev–Trinajstić information content (AvgIpc) is 3.23. The predicted molar refractivity (Wildman–Crippen MR) is 117 cm³/mol. The van der Waals surface area contributed by atoms with Gasteiger partial charge in [-0.3, -0.25) is 9.69 Å². The van der Waals surface area contributed by atoms with E-state index in [1.165, 1.54) is 18.6 Å². The van der Waals surface area contributed by atoms with Crippen molar-refractivity contribution >= 4 is 12.3 Å². The summed E-state index contributed by atoms with van der Waals surface area (Å²) in [6, 6.07) is 15.8. The number of likely N-dealkylation sites (tertiary alicyclic amines) is 1. The minimum absolute atomic E-state index is 0.110. The molecule has 0 N–H and O–H groups in total. The first-order valence-corrected chi connectivity index (χ1v) is 11.3. The van der Waals surface area contributed by atoms with Crippen molar-refractivity contribution in [3.8, 4) is 0 Å². The van der Waals surface area contributed by atoms with Crippen LogP contribution in [0.5, 0.6) is 0 Å². The monoisotopic (exact) mass is 423 g/mol. The van der Waals surface area contributed by atoms with Gasteiger partial charge in [0.05, 0.1) is 0 Å². The molecule has 1 saturated carbocycles. The van der Waals surface area contributed by atoms with E-state index in [0.717, 1.165) is 43.1 Å². The van der Waals surface area contributed by atoms with E-state index in [1.54, 1.807) is 6.07 Å². The van der Waals surface area contributed by atoms with Gasteiger partial charge in [-0.2, -0.15) is 0 Å². The molecule has 0 aromatic heterocycles. The van der Waals surface area contributed by atoms with Gasteiger partial charge in [0.2, 0.25) is 0 Å². The quantitative estimate of drug-likeness (QED) is 0.477. The predicted octanol–water partition coefficient (Wildman–Crippen LogP) is 4.73. The largest absolute Gasteiger partial charge is 0.460 e. The highest BCUT2D eigenvalue weighted by atomic mass is 19.1. The maximum atomic E-state index is 13.8. The molecule has 0 spiro atoms. The van der Waals surface area contributed by atoms with Crippen LogP contribution in [0.25, 0.3) is 0 Å². The van der Waals surface area contributed by atoms with Gasteiger partial charge in [-0.1, -0.05) is 61.7 Å². The van der Waals surface area contributed by atoms with Gasteiger partial charge in [-0.25, -0.2) is 4.39 Å². The molecular formula is C26H30FNO3. The minimum atomic E-state index is -0.356. The third kappa shape index (κ3) is 5.21. The van der Waals surface area contributed by atoms with Crippen LogP contribution in [0.2, 0.25) is 0 Å². The standard InChI is InChI=1S/C26H30FNO3/c27-23-13-7-12-21(14-23)24-16-28(15-22(24)17-29)25(20-10-5-2-6-11-20)26(30)31-18-19-8-3-1-4-9-19/h1,3-4,7-9,12-14,17,20,22,24-25H,2,5-6,10-11,15-16,18H2/t22-,24-,25-/m1/s1. The molecule has 164 valence electrons. The molecule has 0 unspecified atom stereocenters. The van der Waals surface area contributed by atoms with Crippen LogP contribution >= 0.6 is 0 Å². The number of carbonyl (C=O) groups excluding carboxylic acids is 2. The van der Waals surface area contributed by atoms with Crippen LogP contribution in [-0.4, -0.2) is 36.3 Å². The Morgan fingerprint density at radius 1 is 1.06 bits per heavy atom. The lowest BCUT2D eigenvalue weighted by Crippen LogP contribution is -2.46. The van der Waals surface area contributed by atoms with Crippen LogP contribution in [0.1, 0.15) is 49.1 Å². The Kier molecular flexibility index (Phi) is 7.13. The molecule has 5 heteroatoms. The van der Waals surface area contributed by atoms with Crippen LogP contribution < -0.4 is 0 Å². The highest BCUT2D eigenvalue weighted by molar-refractivity contribution is 5.76. The topological polar surface area (TPSA) is 46.6 Å². The summed E-state index contributed by atoms with van der Waals surface area (Å²) in [4.78, 5) is 27.3. The molecule has 1 saturated heterocycles. The summed E-state index contributed by atoms with van der Waals surface area (Å²) in [5.41, 5.74) is 1.78. The lowest BCUT2D eigenvalue weighted by molar-refractivity contribution is -0.154. The molecular weight excluding hydrogens is 393 g/mol. The third-order valence-corrected chi connectivity index (χ3v) is 6.80. The highest BCUT2D eigenvalue weighted by Crippen LogP contribution is 2.37. The van der Waals surface area contributed by atoms with Crippen LogP contribution in [0, 0.1) is 17.7 Å². The van der Waals surface area contributed by atoms with Crippen molar-refractivity contribution in [2.75, 3.05) is 13.1 Å². The maximum absolute atomic E-state index is 13.8. The molecule has 3 atom stereocenters. The second-order valence-electron chi connectivity index (χ2n) is 8.85. The van der Waals surface area contributed by atoms with Crippen molar-refractivity contribution in [1.82, 2.24) is 4.90 Å². The molecule has 1 heterocycles. The first kappa shape index (κ1) is 21.7. The van der Waals surface area contributed by atoms with Crippen molar-refractivity contribution in [3.05, 3.63) is 71.5 Å². The molecule has 0 amide bonds. The lowest BCUT2D eigenvalue weighted by Gasteiger charge is -2.35. The average molecular weight is 424 g/mol. The smallest absolute Gasteiger partial charge is 0.323 e. The third-order valence-electron chi connectivity index (χ3n) is 6.80. The van der Waals surface area contributed by atoms with Crippen molar-refractivity contribution in [3.63, 3.8) is 0 Å². The van der Waals surface area contributed by atoms with Gasteiger partial charge in [-0.05, 0) is 42.0 Å². The normalized spacial score (nSPS) is 23.4. The Labute approximate surface area is 183 Å². The highest BCUT2D eigenvalue weighted by Gasteiger charge is 2.43. The fourth-order valence-electron chi connectivity index (χ4n) is 5.22. The van der Waals surface area contributed by atoms with E-state index >= 15 is 0 Å². The number of carbonyl (C=O) groups is 2. The summed E-state index contributed by atoms with van der Waals surface area (Å²) in [7, 11) is 0. The number of hydrogen-bond acceptors (Lipinski definition) is 4. The molecule has 2 aromatic rings. The van der Waals surface area contributed by atoms with Crippen LogP contribution in [-0.2, 0) is 20.9 Å². The first-order valence-electron chi connectivity index (χ1n) is 11.3. The number of esters is 1. The van der Waals surface area contributed by atoms with E-state index in [4.69, 9.17) is 4.74 Å². The summed E-state index contributed by atoms with van der Waals surface area (Å²) >= 11 is 0. The zero-order valence-corrected chi connectivity index (χ0v) is 17.8. The van der Waals surface area contributed by atoms with Crippen molar-refractivity contribution in [2.24, 2.45) is 11.8 Å². The fourth-order valence-corrected chi connectivity index (χ4v) is 5.22. The molecule has 1 aliphatic carbocycles. The van der Waals surface area contributed by atoms with Gasteiger partial charge in [0.15, 0.2) is 0 Å². The fraction of sp³-hybridized carbons (Fsp3) is 0.462. The number of ether oxygens (including phenoxy) is 1. The molecule has 2 aliphatic rings. The van der Waals surface area contributed by atoms with E-state index in [2.05, 4.69) is 4.90 Å². The lowest BCUT2D eigenvalue weighted by atomic mass is 9.83. The van der Waals surface area contributed by atoms with E-state index < -0.39 is 0 Å². The van der Waals surface area contributed by atoms with Gasteiger partial charge in [0.25, 0.3) is 0 Å². The maximum Gasteiger partial charge on any atom is 0.323 e. The van der Waals surface area contributed by atoms with Gasteiger partial charge >= 0.3 is 5.97 Å². The summed E-state index contributed by atoms with van der Waals surface area (Å²) in [5.74, 6) is -0.640. The molecule has 4 nitrogen and oxygen atoms in total. The Bertz CT molecular complexity index is 881. The summed E-state index contributed by atoms with van der Waals surface area (Å²) in [6.07, 6.45) is 6.39. The van der Waals surface area contributed by atoms with Crippen molar-refractivity contribution < 1.29 is 18.7 Å². The molecule has 2 fully saturated rings. The van der Waals surface area contributed by atoms with E-state index in [-0.39, 0.29) is 42.2 Å². The number of nitrogens with zero attached hydrogens (tertiary/aromatic N) is 1. The van der Waals surface area contributed by atoms with Crippen LogP contribution in [0.4, 0.5) is 4.39 Å². The SMILES string of the molecule is O=C[C@H]1CN([C@@H](C(=O)OCc2ccccc2)C2CCCCC2)C[C@@H]1c1cccc(F)c1. The Balaban J connectivity index is 1.53. The molecule has 1 aliphatic heterocycles. The number of rotatable bonds is 7. The molecule has 2 aromatic carbocycles. The summed E-state index contributed by atoms with van der Waals surface area (Å²) in [5, 5.41) is 0. The Morgan fingerprint density at radius 2 is 1.84 bits per heavy atom. The first-order chi connectivity index (χ1) is 15.2. The Hall–Kier alpha value is -2.53. The van der Waals surface area contributed by atoms with Gasteiger partial charge in [-0.15, -0.1) is 0 Å². The van der Waals surface area contributed by atoms with E-state index in [1.807, 2.05) is 36.4 Å². The second-order valence-corrected chi connectivity index (χ2v) is 8.85. The van der Waals surface area contributed by atoms with E-state index in [0.29, 0.717) is 13.1 Å². The van der Waals surface area contributed by atoms with Gasteiger partial charge < -0.3 is 9.53 Å². The number of aldehydes is 1. The van der Waals surface area contributed by atoms with Gasteiger partial charge in [0, 0.05) is 24.9 Å². The zero-order valence-electron chi connectivity index (χ0n) is 17.8. The van der Waals surface area contributed by atoms with E-state index in [9.17, 15) is 14.0 Å². The molecule has 4 rings (SSSR count). The number of halogens is 1. The summed E-state index contributed by atoms with van der Waals surface area (Å²) in [6.45, 7) is 1.32. The summed E-state index contributed by atoms with van der Waals surface area (Å²) < 4.78 is 19.6. The minimum Gasteiger partial charge on any atom is -0.460 e. The van der Waals surface area contributed by atoms with Gasteiger partial charge in [0.1, 0.15) is 24.8 Å². The Morgan fingerprint density at radius 3 is 2.55 bits per heavy atom. The molecule has 0 radical (unpaired) electrons. The molecule has 0 bridgehead atoms. The van der Waals surface area contributed by atoms with Crippen LogP contribution in [0.3, 0.4) is 0 Å². The second kappa shape index (κ2) is 10.2.